The molecule has 0 aromatic carbocycles. The molecule has 2 aromatic heterocycles. The van der Waals surface area contributed by atoms with Crippen molar-refractivity contribution in [1.82, 2.24) is 19.4 Å². The zero-order valence-electron chi connectivity index (χ0n) is 12.2. The lowest BCUT2D eigenvalue weighted by Gasteiger charge is -2.16. The molecule has 0 saturated heterocycles. The minimum Gasteiger partial charge on any atom is -0.382 e. The van der Waals surface area contributed by atoms with E-state index >= 15 is 0 Å². The van der Waals surface area contributed by atoms with E-state index in [9.17, 15) is 0 Å². The van der Waals surface area contributed by atoms with Gasteiger partial charge in [0, 0.05) is 30.6 Å². The number of hydrogen-bond acceptors (Lipinski definition) is 4. The molecule has 0 fully saturated rings. The molecule has 104 valence electrons. The van der Waals surface area contributed by atoms with Gasteiger partial charge in [0.1, 0.15) is 11.5 Å². The zero-order valence-corrected chi connectivity index (χ0v) is 12.2. The Morgan fingerprint density at radius 2 is 1.95 bits per heavy atom. The Balaban J connectivity index is 2.66. The highest BCUT2D eigenvalue weighted by Gasteiger charge is 2.26. The Kier molecular flexibility index (Phi) is 3.04. The normalized spacial score (nSPS) is 12.1. The summed E-state index contributed by atoms with van der Waals surface area (Å²) in [7, 11) is 1.90. The Labute approximate surface area is 113 Å². The number of aromatic nitrogens is 4. The van der Waals surface area contributed by atoms with Crippen LogP contribution in [-0.4, -0.2) is 19.4 Å². The number of anilines is 1. The first-order valence-electron chi connectivity index (χ1n) is 6.42. The number of nitrogens with two attached hydrogens (primary N) is 2. The first-order chi connectivity index (χ1) is 8.75. The van der Waals surface area contributed by atoms with Crippen LogP contribution in [0, 0.1) is 0 Å². The fourth-order valence-electron chi connectivity index (χ4n) is 2.16. The van der Waals surface area contributed by atoms with Gasteiger partial charge in [-0.2, -0.15) is 5.10 Å². The molecule has 0 saturated carbocycles. The van der Waals surface area contributed by atoms with Crippen molar-refractivity contribution >= 4 is 5.82 Å². The van der Waals surface area contributed by atoms with Crippen LogP contribution in [0.5, 0.6) is 0 Å². The summed E-state index contributed by atoms with van der Waals surface area (Å²) in [5, 5.41) is 4.54. The predicted molar refractivity (Wildman–Crippen MR) is 77.1 cm³/mol. The van der Waals surface area contributed by atoms with Gasteiger partial charge in [0.2, 0.25) is 0 Å². The van der Waals surface area contributed by atoms with Crippen LogP contribution in [0.1, 0.15) is 39.2 Å². The smallest absolute Gasteiger partial charge is 0.150 e. The van der Waals surface area contributed by atoms with Crippen LogP contribution in [0.2, 0.25) is 0 Å². The highest BCUT2D eigenvalue weighted by molar-refractivity contribution is 5.73. The SMILES string of the molecule is CCc1nc(-c2cn(C)nc2C(C)(C)C)c(N)n1N. The summed E-state index contributed by atoms with van der Waals surface area (Å²) >= 11 is 0. The number of aryl methyl sites for hydroxylation is 2. The van der Waals surface area contributed by atoms with Crippen molar-refractivity contribution in [2.45, 2.75) is 39.5 Å². The first kappa shape index (κ1) is 13.5. The second kappa shape index (κ2) is 4.29. The van der Waals surface area contributed by atoms with E-state index in [-0.39, 0.29) is 5.41 Å². The Morgan fingerprint density at radius 3 is 2.42 bits per heavy atom. The predicted octanol–water partition coefficient (Wildman–Crippen LogP) is 1.44. The largest absolute Gasteiger partial charge is 0.382 e. The second-order valence-corrected chi connectivity index (χ2v) is 5.80. The topological polar surface area (TPSA) is 87.7 Å². The number of hydrogen-bond donors (Lipinski definition) is 2. The molecule has 0 amide bonds. The molecule has 0 atom stereocenters. The number of nitrogens with zero attached hydrogens (tertiary/aromatic N) is 4. The molecule has 0 aliphatic rings. The van der Waals surface area contributed by atoms with Gasteiger partial charge in [-0.25, -0.2) is 9.66 Å². The van der Waals surface area contributed by atoms with Crippen LogP contribution in [0.3, 0.4) is 0 Å². The fraction of sp³-hybridized carbons (Fsp3) is 0.538. The third-order valence-electron chi connectivity index (χ3n) is 3.13. The molecule has 0 aliphatic carbocycles. The third-order valence-corrected chi connectivity index (χ3v) is 3.13. The van der Waals surface area contributed by atoms with Crippen molar-refractivity contribution in [3.05, 3.63) is 17.7 Å². The summed E-state index contributed by atoms with van der Waals surface area (Å²) in [6, 6.07) is 0. The zero-order chi connectivity index (χ0) is 14.4. The Hall–Kier alpha value is -1.98. The molecule has 19 heavy (non-hydrogen) atoms. The van der Waals surface area contributed by atoms with Gasteiger partial charge < -0.3 is 11.6 Å². The van der Waals surface area contributed by atoms with E-state index in [0.29, 0.717) is 5.82 Å². The maximum Gasteiger partial charge on any atom is 0.150 e. The molecular formula is C13H22N6. The van der Waals surface area contributed by atoms with Crippen molar-refractivity contribution in [3.8, 4) is 11.3 Å². The molecule has 0 unspecified atom stereocenters. The second-order valence-electron chi connectivity index (χ2n) is 5.80. The van der Waals surface area contributed by atoms with Gasteiger partial charge in [-0.15, -0.1) is 0 Å². The van der Waals surface area contributed by atoms with Gasteiger partial charge in [-0.3, -0.25) is 4.68 Å². The molecule has 0 aliphatic heterocycles. The number of imidazole rings is 1. The lowest BCUT2D eigenvalue weighted by molar-refractivity contribution is 0.554. The van der Waals surface area contributed by atoms with Crippen molar-refractivity contribution < 1.29 is 0 Å². The van der Waals surface area contributed by atoms with E-state index in [0.717, 1.165) is 29.2 Å². The standard InChI is InChI=1S/C13H22N6/c1-6-9-16-10(12(14)19(9)15)8-7-18(5)17-11(8)13(2,3)4/h7H,6,14-15H2,1-5H3. The van der Waals surface area contributed by atoms with E-state index in [1.807, 2.05) is 20.2 Å². The molecule has 0 spiro atoms. The van der Waals surface area contributed by atoms with Crippen LogP contribution in [-0.2, 0) is 18.9 Å². The maximum atomic E-state index is 6.07. The van der Waals surface area contributed by atoms with Gasteiger partial charge in [-0.1, -0.05) is 27.7 Å². The monoisotopic (exact) mass is 262 g/mol. The van der Waals surface area contributed by atoms with E-state index < -0.39 is 0 Å². The highest BCUT2D eigenvalue weighted by Crippen LogP contribution is 2.34. The number of rotatable bonds is 2. The molecule has 0 radical (unpaired) electrons. The van der Waals surface area contributed by atoms with Crippen LogP contribution >= 0.6 is 0 Å². The van der Waals surface area contributed by atoms with Gasteiger partial charge >= 0.3 is 0 Å². The van der Waals surface area contributed by atoms with Crippen molar-refractivity contribution in [2.24, 2.45) is 7.05 Å². The van der Waals surface area contributed by atoms with E-state index in [2.05, 4.69) is 30.9 Å². The van der Waals surface area contributed by atoms with Crippen LogP contribution in [0.25, 0.3) is 11.3 Å². The maximum absolute atomic E-state index is 6.07. The first-order valence-corrected chi connectivity index (χ1v) is 6.42. The van der Waals surface area contributed by atoms with Crippen molar-refractivity contribution in [3.63, 3.8) is 0 Å². The molecule has 2 heterocycles. The molecule has 4 N–H and O–H groups in total. The van der Waals surface area contributed by atoms with Crippen molar-refractivity contribution in [1.29, 1.82) is 0 Å². The van der Waals surface area contributed by atoms with Gasteiger partial charge in [0.25, 0.3) is 0 Å². The van der Waals surface area contributed by atoms with E-state index in [4.69, 9.17) is 11.6 Å². The van der Waals surface area contributed by atoms with Crippen molar-refractivity contribution in [2.75, 3.05) is 11.6 Å². The van der Waals surface area contributed by atoms with Crippen LogP contribution < -0.4 is 11.6 Å². The summed E-state index contributed by atoms with van der Waals surface area (Å²) in [6.45, 7) is 8.36. The summed E-state index contributed by atoms with van der Waals surface area (Å²) in [5.41, 5.74) is 8.64. The van der Waals surface area contributed by atoms with Crippen LogP contribution in [0.15, 0.2) is 6.20 Å². The average molecular weight is 262 g/mol. The van der Waals surface area contributed by atoms with Crippen LogP contribution in [0.4, 0.5) is 5.82 Å². The van der Waals surface area contributed by atoms with Gasteiger partial charge in [0.15, 0.2) is 5.82 Å². The molecular weight excluding hydrogens is 240 g/mol. The fourth-order valence-corrected chi connectivity index (χ4v) is 2.16. The molecule has 2 rings (SSSR count). The average Bonchev–Trinajstić information content (AvgIpc) is 2.82. The minimum absolute atomic E-state index is 0.0756. The molecule has 0 bridgehead atoms. The Bertz CT molecular complexity index is 599. The van der Waals surface area contributed by atoms with E-state index in [1.165, 1.54) is 4.68 Å². The molecule has 2 aromatic rings. The Morgan fingerprint density at radius 1 is 1.32 bits per heavy atom. The highest BCUT2D eigenvalue weighted by atomic mass is 15.4. The number of nitrogen functional groups attached to an aromatic ring is 2. The third kappa shape index (κ3) is 2.18. The quantitative estimate of drug-likeness (QED) is 0.802. The van der Waals surface area contributed by atoms with Gasteiger partial charge in [-0.05, 0) is 0 Å². The van der Waals surface area contributed by atoms with Gasteiger partial charge in [0.05, 0.1) is 5.69 Å². The lowest BCUT2D eigenvalue weighted by Crippen LogP contribution is -2.15. The molecule has 6 heteroatoms. The minimum atomic E-state index is -0.0756. The summed E-state index contributed by atoms with van der Waals surface area (Å²) in [6.07, 6.45) is 2.69. The summed E-state index contributed by atoms with van der Waals surface area (Å²) in [5.74, 6) is 7.18. The summed E-state index contributed by atoms with van der Waals surface area (Å²) < 4.78 is 3.24. The van der Waals surface area contributed by atoms with E-state index in [1.54, 1.807) is 4.68 Å². The summed E-state index contributed by atoms with van der Waals surface area (Å²) in [4.78, 5) is 4.55. The lowest BCUT2D eigenvalue weighted by atomic mass is 9.89. The molecule has 6 nitrogen and oxygen atoms in total.